The molecule has 0 atom stereocenters. The van der Waals surface area contributed by atoms with Crippen LogP contribution in [-0.4, -0.2) is 11.8 Å². The molecule has 0 fully saturated rings. The van der Waals surface area contributed by atoms with Crippen molar-refractivity contribution in [1.29, 1.82) is 0 Å². The van der Waals surface area contributed by atoms with Gasteiger partial charge in [-0.25, -0.2) is 0 Å². The molecule has 1 heterocycles. The van der Waals surface area contributed by atoms with Crippen molar-refractivity contribution >= 4 is 85.3 Å². The fourth-order valence-corrected chi connectivity index (χ4v) is 4.36. The predicted molar refractivity (Wildman–Crippen MR) is 121 cm³/mol. The maximum Gasteiger partial charge on any atom is 0.267 e. The van der Waals surface area contributed by atoms with Crippen LogP contribution in [0.4, 0.5) is 11.4 Å². The van der Waals surface area contributed by atoms with Crippen LogP contribution in [0.25, 0.3) is 0 Å². The van der Waals surface area contributed by atoms with Gasteiger partial charge in [-0.1, -0.05) is 50.7 Å². The van der Waals surface area contributed by atoms with E-state index in [4.69, 9.17) is 34.8 Å². The smallest absolute Gasteiger partial charge is 0.267 e. The highest BCUT2D eigenvalue weighted by atomic mass is 79.9. The summed E-state index contributed by atoms with van der Waals surface area (Å²) in [7, 11) is 0. The Morgan fingerprint density at radius 3 is 2.21 bits per heavy atom. The molecule has 2 amide bonds. The largest absolute Gasteiger partial charge is 0.322 e. The van der Waals surface area contributed by atoms with Gasteiger partial charge in [-0.2, -0.15) is 0 Å². The molecule has 0 aliphatic heterocycles. The van der Waals surface area contributed by atoms with Crippen LogP contribution in [0.15, 0.2) is 48.5 Å². The van der Waals surface area contributed by atoms with Crippen molar-refractivity contribution in [2.24, 2.45) is 0 Å². The molecule has 0 aliphatic carbocycles. The molecule has 1 aromatic heterocycles. The number of thiophene rings is 1. The van der Waals surface area contributed by atoms with Gasteiger partial charge in [0.1, 0.15) is 4.88 Å². The van der Waals surface area contributed by atoms with Crippen LogP contribution in [0.5, 0.6) is 0 Å². The molecule has 0 spiro atoms. The molecule has 9 heteroatoms. The van der Waals surface area contributed by atoms with E-state index in [0.29, 0.717) is 36.6 Å². The topological polar surface area (TPSA) is 58.2 Å². The molecular formula is C19H12BrCl3N2O2S. The van der Waals surface area contributed by atoms with Gasteiger partial charge in [0, 0.05) is 25.9 Å². The quantitative estimate of drug-likeness (QED) is 0.354. The molecule has 0 unspecified atom stereocenters. The first-order valence-corrected chi connectivity index (χ1v) is 11.0. The van der Waals surface area contributed by atoms with Crippen LogP contribution in [0.2, 0.25) is 15.1 Å². The monoisotopic (exact) mass is 516 g/mol. The Morgan fingerprint density at radius 1 is 0.893 bits per heavy atom. The molecule has 144 valence electrons. The van der Waals surface area contributed by atoms with Gasteiger partial charge in [0.2, 0.25) is 0 Å². The van der Waals surface area contributed by atoms with E-state index in [1.165, 1.54) is 17.4 Å². The Hall–Kier alpha value is -1.57. The molecule has 4 nitrogen and oxygen atoms in total. The maximum atomic E-state index is 12.7. The van der Waals surface area contributed by atoms with Gasteiger partial charge < -0.3 is 10.6 Å². The zero-order valence-corrected chi connectivity index (χ0v) is 18.7. The summed E-state index contributed by atoms with van der Waals surface area (Å²) in [6.07, 6.45) is 0. The number of hydrogen-bond donors (Lipinski definition) is 2. The Labute approximate surface area is 188 Å². The Balaban J connectivity index is 1.85. The lowest BCUT2D eigenvalue weighted by molar-refractivity contribution is 0.102. The molecule has 2 N–H and O–H groups in total. The second kappa shape index (κ2) is 9.29. The lowest BCUT2D eigenvalue weighted by Crippen LogP contribution is -2.18. The molecule has 3 aromatic rings. The Morgan fingerprint density at radius 2 is 1.57 bits per heavy atom. The van der Waals surface area contributed by atoms with Gasteiger partial charge >= 0.3 is 0 Å². The fraction of sp³-hybridized carbons (Fsp3) is 0.0526. The highest BCUT2D eigenvalue weighted by Crippen LogP contribution is 2.30. The van der Waals surface area contributed by atoms with Crippen molar-refractivity contribution in [3.05, 3.63) is 78.9 Å². The number of amides is 2. The van der Waals surface area contributed by atoms with Crippen LogP contribution in [0.1, 0.15) is 24.9 Å². The highest BCUT2D eigenvalue weighted by molar-refractivity contribution is 9.08. The van der Waals surface area contributed by atoms with Crippen LogP contribution < -0.4 is 10.6 Å². The van der Waals surface area contributed by atoms with E-state index in [1.807, 2.05) is 0 Å². The highest BCUT2D eigenvalue weighted by Gasteiger charge is 2.19. The summed E-state index contributed by atoms with van der Waals surface area (Å²) in [5.74, 6) is -0.816. The van der Waals surface area contributed by atoms with Gasteiger partial charge in [0.15, 0.2) is 0 Å². The fourth-order valence-electron chi connectivity index (χ4n) is 2.36. The molecule has 2 aromatic carbocycles. The third-order valence-electron chi connectivity index (χ3n) is 3.65. The van der Waals surface area contributed by atoms with Crippen molar-refractivity contribution in [2.75, 3.05) is 10.6 Å². The summed E-state index contributed by atoms with van der Waals surface area (Å²) in [4.78, 5) is 26.7. The summed E-state index contributed by atoms with van der Waals surface area (Å²) in [6.45, 7) is 0. The number of carbonyl (C=O) groups excluding carboxylic acids is 2. The SMILES string of the molecule is O=C(Nc1ccc(Cl)cc1)c1cc(Cl)ccc1NC(=O)c1sc(CBr)cc1Cl. The number of benzene rings is 2. The first kappa shape index (κ1) is 21.1. The average Bonchev–Trinajstić information content (AvgIpc) is 3.06. The van der Waals surface area contributed by atoms with Crippen LogP contribution in [0.3, 0.4) is 0 Å². The minimum absolute atomic E-state index is 0.226. The van der Waals surface area contributed by atoms with E-state index < -0.39 is 11.8 Å². The van der Waals surface area contributed by atoms with E-state index in [9.17, 15) is 9.59 Å². The van der Waals surface area contributed by atoms with Gasteiger partial charge in [-0.05, 0) is 48.5 Å². The normalized spacial score (nSPS) is 10.6. The number of halogens is 4. The molecule has 28 heavy (non-hydrogen) atoms. The van der Waals surface area contributed by atoms with Gasteiger partial charge in [-0.3, -0.25) is 9.59 Å². The van der Waals surface area contributed by atoms with Gasteiger partial charge in [0.25, 0.3) is 11.8 Å². The number of nitrogens with one attached hydrogen (secondary N) is 2. The van der Waals surface area contributed by atoms with E-state index in [1.54, 1.807) is 42.5 Å². The summed E-state index contributed by atoms with van der Waals surface area (Å²) < 4.78 is 0. The van der Waals surface area contributed by atoms with Crippen molar-refractivity contribution in [3.63, 3.8) is 0 Å². The zero-order valence-electron chi connectivity index (χ0n) is 14.1. The average molecular weight is 519 g/mol. The molecule has 0 aliphatic rings. The summed E-state index contributed by atoms with van der Waals surface area (Å²) >= 11 is 22.7. The molecule has 0 radical (unpaired) electrons. The van der Waals surface area contributed by atoms with Crippen LogP contribution in [-0.2, 0) is 5.33 Å². The molecule has 0 saturated carbocycles. The van der Waals surface area contributed by atoms with Gasteiger partial charge in [-0.15, -0.1) is 11.3 Å². The van der Waals surface area contributed by atoms with E-state index >= 15 is 0 Å². The summed E-state index contributed by atoms with van der Waals surface area (Å²) in [5.41, 5.74) is 1.12. The molecule has 3 rings (SSSR count). The minimum atomic E-state index is -0.418. The lowest BCUT2D eigenvalue weighted by atomic mass is 10.1. The number of hydrogen-bond acceptors (Lipinski definition) is 3. The van der Waals surface area contributed by atoms with E-state index in [2.05, 4.69) is 26.6 Å². The van der Waals surface area contributed by atoms with Crippen molar-refractivity contribution < 1.29 is 9.59 Å². The van der Waals surface area contributed by atoms with Crippen LogP contribution >= 0.6 is 62.1 Å². The third-order valence-corrected chi connectivity index (χ3v) is 6.66. The standard InChI is InChI=1S/C19H12BrCl3N2O2S/c20-9-13-8-15(23)17(28-13)19(27)25-16-6-3-11(22)7-14(16)18(26)24-12-4-1-10(21)2-5-12/h1-8H,9H2,(H,24,26)(H,25,27). The second-order valence-electron chi connectivity index (χ2n) is 5.63. The molecular weight excluding hydrogens is 507 g/mol. The first-order chi connectivity index (χ1) is 13.4. The third kappa shape index (κ3) is 5.07. The first-order valence-electron chi connectivity index (χ1n) is 7.89. The maximum absolute atomic E-state index is 12.7. The summed E-state index contributed by atoms with van der Waals surface area (Å²) in [6, 6.07) is 13.1. The summed E-state index contributed by atoms with van der Waals surface area (Å²) in [5, 5.41) is 7.38. The minimum Gasteiger partial charge on any atom is -0.322 e. The predicted octanol–water partition coefficient (Wildman–Crippen LogP) is 7.11. The number of anilines is 2. The van der Waals surface area contributed by atoms with E-state index in [-0.39, 0.29) is 5.56 Å². The second-order valence-corrected chi connectivity index (χ2v) is 8.61. The molecule has 0 saturated heterocycles. The Bertz CT molecular complexity index is 1040. The number of rotatable bonds is 5. The van der Waals surface area contributed by atoms with Crippen molar-refractivity contribution in [1.82, 2.24) is 0 Å². The molecule has 0 bridgehead atoms. The van der Waals surface area contributed by atoms with E-state index in [0.717, 1.165) is 4.88 Å². The van der Waals surface area contributed by atoms with Crippen LogP contribution in [0, 0.1) is 0 Å². The lowest BCUT2D eigenvalue weighted by Gasteiger charge is -2.12. The Kier molecular flexibility index (Phi) is 7.01. The number of alkyl halides is 1. The van der Waals surface area contributed by atoms with Crippen molar-refractivity contribution in [2.45, 2.75) is 5.33 Å². The number of carbonyl (C=O) groups is 2. The van der Waals surface area contributed by atoms with Crippen molar-refractivity contribution in [3.8, 4) is 0 Å². The van der Waals surface area contributed by atoms with Gasteiger partial charge in [0.05, 0.1) is 16.3 Å². The zero-order chi connectivity index (χ0) is 20.3.